The normalized spacial score (nSPS) is 12.7. The molecule has 0 saturated heterocycles. The molecule has 0 radical (unpaired) electrons. The molecule has 1 atom stereocenters. The Morgan fingerprint density at radius 2 is 2.11 bits per heavy atom. The molecular weight excluding hydrogens is 226 g/mol. The van der Waals surface area contributed by atoms with Crippen LogP contribution >= 0.6 is 0 Å². The number of amides is 1. The second-order valence-corrected chi connectivity index (χ2v) is 4.97. The van der Waals surface area contributed by atoms with E-state index in [1.807, 2.05) is 7.05 Å². The van der Waals surface area contributed by atoms with Gasteiger partial charge in [-0.3, -0.25) is 4.79 Å². The first-order valence-electron chi connectivity index (χ1n) is 6.62. The molecule has 0 aliphatic heterocycles. The minimum Gasteiger partial charge on any atom is -0.359 e. The van der Waals surface area contributed by atoms with Crippen LogP contribution < -0.4 is 10.6 Å². The molecular formula is C14H25N3O. The van der Waals surface area contributed by atoms with E-state index < -0.39 is 0 Å². The number of aromatic nitrogens is 1. The van der Waals surface area contributed by atoms with Crippen LogP contribution in [0.3, 0.4) is 0 Å². The van der Waals surface area contributed by atoms with Gasteiger partial charge in [0.15, 0.2) is 0 Å². The fraction of sp³-hybridized carbons (Fsp3) is 0.643. The van der Waals surface area contributed by atoms with Gasteiger partial charge in [-0.15, -0.1) is 0 Å². The van der Waals surface area contributed by atoms with Gasteiger partial charge in [0, 0.05) is 38.4 Å². The maximum Gasteiger partial charge on any atom is 0.219 e. The van der Waals surface area contributed by atoms with E-state index >= 15 is 0 Å². The first-order chi connectivity index (χ1) is 8.58. The number of carbonyl (C=O) groups excluding carboxylic acids is 1. The summed E-state index contributed by atoms with van der Waals surface area (Å²) in [4.78, 5) is 11.1. The molecule has 0 bridgehead atoms. The lowest BCUT2D eigenvalue weighted by molar-refractivity contribution is -0.120. The fourth-order valence-electron chi connectivity index (χ4n) is 2.21. The molecule has 1 aromatic heterocycles. The van der Waals surface area contributed by atoms with Crippen molar-refractivity contribution in [2.24, 2.45) is 5.92 Å². The van der Waals surface area contributed by atoms with Crippen LogP contribution in [0.5, 0.6) is 0 Å². The second-order valence-electron chi connectivity index (χ2n) is 4.97. The van der Waals surface area contributed by atoms with Gasteiger partial charge >= 0.3 is 0 Å². The average molecular weight is 251 g/mol. The minimum absolute atomic E-state index is 0.109. The van der Waals surface area contributed by atoms with Gasteiger partial charge in [-0.25, -0.2) is 0 Å². The predicted molar refractivity (Wildman–Crippen MR) is 74.4 cm³/mol. The quantitative estimate of drug-likeness (QED) is 0.778. The number of nitrogens with one attached hydrogen (secondary N) is 2. The Kier molecular flexibility index (Phi) is 5.92. The standard InChI is InChI=1S/C14H25N3O/c1-11(2)14(16-4)12-7-9-17(10-12)8-5-6-13(18)15-3/h7,9-11,14,16H,5-6,8H2,1-4H3,(H,15,18). The third-order valence-corrected chi connectivity index (χ3v) is 3.21. The molecule has 1 unspecified atom stereocenters. The molecule has 0 spiro atoms. The third-order valence-electron chi connectivity index (χ3n) is 3.21. The molecule has 4 heteroatoms. The van der Waals surface area contributed by atoms with E-state index in [-0.39, 0.29) is 5.91 Å². The number of hydrogen-bond acceptors (Lipinski definition) is 2. The summed E-state index contributed by atoms with van der Waals surface area (Å²) < 4.78 is 2.16. The van der Waals surface area contributed by atoms with Crippen LogP contribution in [0.25, 0.3) is 0 Å². The lowest BCUT2D eigenvalue weighted by Crippen LogP contribution is -2.21. The number of hydrogen-bond donors (Lipinski definition) is 2. The zero-order valence-corrected chi connectivity index (χ0v) is 11.9. The summed E-state index contributed by atoms with van der Waals surface area (Å²) in [7, 11) is 3.67. The maximum atomic E-state index is 11.1. The highest BCUT2D eigenvalue weighted by Gasteiger charge is 2.14. The molecule has 0 aliphatic carbocycles. The van der Waals surface area contributed by atoms with E-state index in [0.29, 0.717) is 18.4 Å². The van der Waals surface area contributed by atoms with Gasteiger partial charge in [-0.05, 0) is 31.0 Å². The Morgan fingerprint density at radius 3 is 2.67 bits per heavy atom. The number of rotatable bonds is 7. The molecule has 0 aromatic carbocycles. The van der Waals surface area contributed by atoms with Gasteiger partial charge in [0.1, 0.15) is 0 Å². The summed E-state index contributed by atoms with van der Waals surface area (Å²) >= 11 is 0. The van der Waals surface area contributed by atoms with Gasteiger partial charge in [-0.2, -0.15) is 0 Å². The summed E-state index contributed by atoms with van der Waals surface area (Å²) in [6.07, 6.45) is 5.72. The summed E-state index contributed by atoms with van der Waals surface area (Å²) in [5, 5.41) is 5.98. The summed E-state index contributed by atoms with van der Waals surface area (Å²) in [5.41, 5.74) is 1.31. The van der Waals surface area contributed by atoms with Crippen molar-refractivity contribution < 1.29 is 4.79 Å². The Bertz CT molecular complexity index is 371. The van der Waals surface area contributed by atoms with Crippen molar-refractivity contribution in [3.05, 3.63) is 24.0 Å². The van der Waals surface area contributed by atoms with E-state index in [0.717, 1.165) is 13.0 Å². The van der Waals surface area contributed by atoms with E-state index in [4.69, 9.17) is 0 Å². The SMILES string of the molecule is CNC(=O)CCCn1ccc(C(NC)C(C)C)c1. The van der Waals surface area contributed by atoms with Crippen molar-refractivity contribution in [2.75, 3.05) is 14.1 Å². The van der Waals surface area contributed by atoms with Gasteiger partial charge in [0.25, 0.3) is 0 Å². The summed E-state index contributed by atoms with van der Waals surface area (Å²) in [6.45, 7) is 5.32. The largest absolute Gasteiger partial charge is 0.359 e. The Hall–Kier alpha value is -1.29. The van der Waals surface area contributed by atoms with Crippen LogP contribution in [-0.4, -0.2) is 24.6 Å². The van der Waals surface area contributed by atoms with Crippen molar-refractivity contribution in [1.82, 2.24) is 15.2 Å². The van der Waals surface area contributed by atoms with E-state index in [9.17, 15) is 4.79 Å². The van der Waals surface area contributed by atoms with Gasteiger partial charge in [0.2, 0.25) is 5.91 Å². The van der Waals surface area contributed by atoms with Crippen molar-refractivity contribution in [3.8, 4) is 0 Å². The number of aryl methyl sites for hydroxylation is 1. The molecule has 102 valence electrons. The minimum atomic E-state index is 0.109. The molecule has 1 rings (SSSR count). The number of carbonyl (C=O) groups is 1. The van der Waals surface area contributed by atoms with Crippen LogP contribution in [0.2, 0.25) is 0 Å². The van der Waals surface area contributed by atoms with Crippen molar-refractivity contribution >= 4 is 5.91 Å². The third kappa shape index (κ3) is 4.18. The zero-order valence-electron chi connectivity index (χ0n) is 11.9. The Labute approximate surface area is 110 Å². The van der Waals surface area contributed by atoms with Gasteiger partial charge < -0.3 is 15.2 Å². The second kappa shape index (κ2) is 7.21. The Balaban J connectivity index is 2.50. The molecule has 0 saturated carbocycles. The van der Waals surface area contributed by atoms with Crippen LogP contribution in [0, 0.1) is 5.92 Å². The van der Waals surface area contributed by atoms with Gasteiger partial charge in [-0.1, -0.05) is 13.8 Å². The molecule has 0 fully saturated rings. The van der Waals surface area contributed by atoms with Crippen LogP contribution in [0.1, 0.15) is 38.3 Å². The molecule has 4 nitrogen and oxygen atoms in total. The summed E-state index contributed by atoms with van der Waals surface area (Å²) in [6, 6.07) is 2.55. The maximum absolute atomic E-state index is 11.1. The lowest BCUT2D eigenvalue weighted by Gasteiger charge is -2.18. The molecule has 18 heavy (non-hydrogen) atoms. The van der Waals surface area contributed by atoms with E-state index in [2.05, 4.69) is 47.5 Å². The van der Waals surface area contributed by atoms with Crippen LogP contribution in [0.15, 0.2) is 18.5 Å². The van der Waals surface area contributed by atoms with Crippen LogP contribution in [-0.2, 0) is 11.3 Å². The highest BCUT2D eigenvalue weighted by molar-refractivity contribution is 5.75. The molecule has 1 amide bonds. The molecule has 1 heterocycles. The smallest absolute Gasteiger partial charge is 0.219 e. The van der Waals surface area contributed by atoms with Crippen molar-refractivity contribution in [3.63, 3.8) is 0 Å². The molecule has 0 aliphatic rings. The monoisotopic (exact) mass is 251 g/mol. The Morgan fingerprint density at radius 1 is 1.39 bits per heavy atom. The summed E-state index contributed by atoms with van der Waals surface area (Å²) in [5.74, 6) is 0.675. The van der Waals surface area contributed by atoms with Crippen molar-refractivity contribution in [1.29, 1.82) is 0 Å². The average Bonchev–Trinajstić information content (AvgIpc) is 2.78. The first-order valence-corrected chi connectivity index (χ1v) is 6.62. The first kappa shape index (κ1) is 14.8. The van der Waals surface area contributed by atoms with Gasteiger partial charge in [0.05, 0.1) is 0 Å². The highest BCUT2D eigenvalue weighted by Crippen LogP contribution is 2.21. The fourth-order valence-corrected chi connectivity index (χ4v) is 2.21. The van der Waals surface area contributed by atoms with E-state index in [1.165, 1.54) is 5.56 Å². The topological polar surface area (TPSA) is 46.1 Å². The van der Waals surface area contributed by atoms with Crippen molar-refractivity contribution in [2.45, 2.75) is 39.3 Å². The zero-order chi connectivity index (χ0) is 13.5. The molecule has 2 N–H and O–H groups in total. The van der Waals surface area contributed by atoms with Crippen LogP contribution in [0.4, 0.5) is 0 Å². The number of nitrogens with zero attached hydrogens (tertiary/aromatic N) is 1. The van der Waals surface area contributed by atoms with E-state index in [1.54, 1.807) is 7.05 Å². The lowest BCUT2D eigenvalue weighted by atomic mass is 9.99. The highest BCUT2D eigenvalue weighted by atomic mass is 16.1. The predicted octanol–water partition coefficient (Wildman–Crippen LogP) is 1.93. The molecule has 1 aromatic rings.